The van der Waals surface area contributed by atoms with Crippen LogP contribution in [-0.4, -0.2) is 60.5 Å². The monoisotopic (exact) mass is 298 g/mol. The SMILES string of the molecule is COC1CCCC1NC(=O)N(CC(=O)O)CC(F)(F)F. The van der Waals surface area contributed by atoms with Gasteiger partial charge in [0, 0.05) is 7.11 Å². The van der Waals surface area contributed by atoms with E-state index in [0.717, 1.165) is 6.42 Å². The van der Waals surface area contributed by atoms with Gasteiger partial charge in [0.1, 0.15) is 13.1 Å². The van der Waals surface area contributed by atoms with Crippen LogP contribution in [0, 0.1) is 0 Å². The zero-order chi connectivity index (χ0) is 15.3. The highest BCUT2D eigenvalue weighted by molar-refractivity contribution is 5.80. The molecule has 0 spiro atoms. The molecular formula is C11H17F3N2O4. The Hall–Kier alpha value is -1.51. The standard InChI is InChI=1S/C11H17F3N2O4/c1-20-8-4-2-3-7(8)15-10(19)16(5-9(17)18)6-11(12,13)14/h7-8H,2-6H2,1H3,(H,15,19)(H,17,18). The van der Waals surface area contributed by atoms with Crippen LogP contribution in [0.15, 0.2) is 0 Å². The van der Waals surface area contributed by atoms with Gasteiger partial charge in [-0.05, 0) is 19.3 Å². The number of nitrogens with one attached hydrogen (secondary N) is 1. The molecule has 0 aliphatic heterocycles. The van der Waals surface area contributed by atoms with Crippen molar-refractivity contribution in [1.29, 1.82) is 0 Å². The molecule has 2 N–H and O–H groups in total. The number of rotatable bonds is 5. The second kappa shape index (κ2) is 6.78. The lowest BCUT2D eigenvalue weighted by Gasteiger charge is -2.26. The number of carbonyl (C=O) groups is 2. The first-order chi connectivity index (χ1) is 9.23. The van der Waals surface area contributed by atoms with Gasteiger partial charge in [-0.15, -0.1) is 0 Å². The van der Waals surface area contributed by atoms with E-state index < -0.39 is 37.3 Å². The van der Waals surface area contributed by atoms with Gasteiger partial charge < -0.3 is 20.1 Å². The molecule has 0 aromatic heterocycles. The molecule has 1 fully saturated rings. The number of carboxylic acid groups (broad SMARTS) is 1. The Morgan fingerprint density at radius 1 is 1.40 bits per heavy atom. The van der Waals surface area contributed by atoms with E-state index in [-0.39, 0.29) is 11.0 Å². The zero-order valence-electron chi connectivity index (χ0n) is 10.9. The molecule has 0 radical (unpaired) electrons. The molecule has 0 heterocycles. The predicted molar refractivity (Wildman–Crippen MR) is 62.2 cm³/mol. The van der Waals surface area contributed by atoms with Crippen LogP contribution in [0.5, 0.6) is 0 Å². The average molecular weight is 298 g/mol. The van der Waals surface area contributed by atoms with E-state index in [0.29, 0.717) is 12.8 Å². The van der Waals surface area contributed by atoms with E-state index in [4.69, 9.17) is 9.84 Å². The number of aliphatic carboxylic acids is 1. The Kier molecular flexibility index (Phi) is 5.61. The van der Waals surface area contributed by atoms with Crippen LogP contribution in [0.4, 0.5) is 18.0 Å². The molecule has 0 saturated heterocycles. The van der Waals surface area contributed by atoms with Crippen molar-refractivity contribution in [2.24, 2.45) is 0 Å². The lowest BCUT2D eigenvalue weighted by molar-refractivity contribution is -0.149. The molecule has 20 heavy (non-hydrogen) atoms. The zero-order valence-corrected chi connectivity index (χ0v) is 10.9. The van der Waals surface area contributed by atoms with Gasteiger partial charge in [-0.1, -0.05) is 0 Å². The van der Waals surface area contributed by atoms with Crippen molar-refractivity contribution in [3.05, 3.63) is 0 Å². The van der Waals surface area contributed by atoms with Crippen molar-refractivity contribution in [2.75, 3.05) is 20.2 Å². The van der Waals surface area contributed by atoms with E-state index >= 15 is 0 Å². The molecule has 1 aliphatic rings. The van der Waals surface area contributed by atoms with Crippen molar-refractivity contribution >= 4 is 12.0 Å². The molecular weight excluding hydrogens is 281 g/mol. The van der Waals surface area contributed by atoms with Crippen molar-refractivity contribution < 1.29 is 32.6 Å². The van der Waals surface area contributed by atoms with E-state index in [1.807, 2.05) is 0 Å². The first kappa shape index (κ1) is 16.5. The smallest absolute Gasteiger partial charge is 0.406 e. The number of hydrogen-bond donors (Lipinski definition) is 2. The van der Waals surface area contributed by atoms with Crippen molar-refractivity contribution in [2.45, 2.75) is 37.6 Å². The first-order valence-electron chi connectivity index (χ1n) is 6.09. The fraction of sp³-hybridized carbons (Fsp3) is 0.818. The number of nitrogens with zero attached hydrogens (tertiary/aromatic N) is 1. The average Bonchev–Trinajstić information content (AvgIpc) is 2.72. The van der Waals surface area contributed by atoms with Crippen LogP contribution >= 0.6 is 0 Å². The lowest BCUT2D eigenvalue weighted by atomic mass is 10.2. The van der Waals surface area contributed by atoms with Gasteiger partial charge in [-0.2, -0.15) is 13.2 Å². The number of urea groups is 1. The summed E-state index contributed by atoms with van der Waals surface area (Å²) >= 11 is 0. The third kappa shape index (κ3) is 5.24. The first-order valence-corrected chi connectivity index (χ1v) is 6.09. The molecule has 0 aromatic rings. The molecule has 2 unspecified atom stereocenters. The molecule has 0 bridgehead atoms. The van der Waals surface area contributed by atoms with E-state index in [2.05, 4.69) is 5.32 Å². The number of halogens is 3. The van der Waals surface area contributed by atoms with Gasteiger partial charge in [0.25, 0.3) is 0 Å². The van der Waals surface area contributed by atoms with Gasteiger partial charge in [-0.3, -0.25) is 4.79 Å². The van der Waals surface area contributed by atoms with Crippen molar-refractivity contribution in [3.63, 3.8) is 0 Å². The van der Waals surface area contributed by atoms with Crippen LogP contribution in [0.2, 0.25) is 0 Å². The Bertz CT molecular complexity index is 362. The number of ether oxygens (including phenoxy) is 1. The van der Waals surface area contributed by atoms with Gasteiger partial charge in [0.15, 0.2) is 0 Å². The van der Waals surface area contributed by atoms with E-state index in [1.165, 1.54) is 7.11 Å². The molecule has 116 valence electrons. The molecule has 1 saturated carbocycles. The maximum Gasteiger partial charge on any atom is 0.406 e. The minimum atomic E-state index is -4.65. The molecule has 1 rings (SSSR count). The summed E-state index contributed by atoms with van der Waals surface area (Å²) in [5.74, 6) is -1.50. The van der Waals surface area contributed by atoms with Crippen LogP contribution in [0.1, 0.15) is 19.3 Å². The van der Waals surface area contributed by atoms with Crippen molar-refractivity contribution in [1.82, 2.24) is 10.2 Å². The minimum Gasteiger partial charge on any atom is -0.480 e. The van der Waals surface area contributed by atoms with Crippen LogP contribution in [0.25, 0.3) is 0 Å². The summed E-state index contributed by atoms with van der Waals surface area (Å²) in [6, 6.07) is -1.43. The number of hydrogen-bond acceptors (Lipinski definition) is 3. The molecule has 6 nitrogen and oxygen atoms in total. The topological polar surface area (TPSA) is 78.9 Å². The number of amides is 2. The van der Waals surface area contributed by atoms with Crippen LogP contribution < -0.4 is 5.32 Å². The fourth-order valence-electron chi connectivity index (χ4n) is 2.20. The summed E-state index contributed by atoms with van der Waals surface area (Å²) in [6.45, 7) is -2.61. The lowest BCUT2D eigenvalue weighted by Crippen LogP contribution is -2.51. The highest BCUT2D eigenvalue weighted by Crippen LogP contribution is 2.22. The Balaban J connectivity index is 2.65. The van der Waals surface area contributed by atoms with Crippen molar-refractivity contribution in [3.8, 4) is 0 Å². The number of methoxy groups -OCH3 is 1. The molecule has 2 amide bonds. The third-order valence-electron chi connectivity index (χ3n) is 3.05. The minimum absolute atomic E-state index is 0.230. The Labute approximate surface area is 113 Å². The maximum absolute atomic E-state index is 12.3. The number of carboxylic acids is 1. The number of alkyl halides is 3. The summed E-state index contributed by atoms with van der Waals surface area (Å²) in [5.41, 5.74) is 0. The van der Waals surface area contributed by atoms with E-state index in [9.17, 15) is 22.8 Å². The normalized spacial score (nSPS) is 22.6. The number of carbonyl (C=O) groups excluding carboxylic acids is 1. The second-order valence-corrected chi connectivity index (χ2v) is 4.63. The summed E-state index contributed by atoms with van der Waals surface area (Å²) in [5, 5.41) is 11.0. The molecule has 9 heteroatoms. The summed E-state index contributed by atoms with van der Waals surface area (Å²) in [6.07, 6.45) is -2.81. The summed E-state index contributed by atoms with van der Waals surface area (Å²) in [4.78, 5) is 22.5. The molecule has 1 aliphatic carbocycles. The van der Waals surface area contributed by atoms with Gasteiger partial charge in [0.05, 0.1) is 12.1 Å². The molecule has 2 atom stereocenters. The molecule has 0 aromatic carbocycles. The highest BCUT2D eigenvalue weighted by Gasteiger charge is 2.36. The summed E-state index contributed by atoms with van der Waals surface area (Å²) in [7, 11) is 1.46. The Morgan fingerprint density at radius 3 is 2.55 bits per heavy atom. The predicted octanol–water partition coefficient (Wildman–Crippen LogP) is 1.21. The second-order valence-electron chi connectivity index (χ2n) is 4.63. The van der Waals surface area contributed by atoms with E-state index in [1.54, 1.807) is 0 Å². The largest absolute Gasteiger partial charge is 0.480 e. The fourth-order valence-corrected chi connectivity index (χ4v) is 2.20. The van der Waals surface area contributed by atoms with Gasteiger partial charge >= 0.3 is 18.2 Å². The summed E-state index contributed by atoms with van der Waals surface area (Å²) < 4.78 is 42.1. The Morgan fingerprint density at radius 2 is 2.05 bits per heavy atom. The highest BCUT2D eigenvalue weighted by atomic mass is 19.4. The van der Waals surface area contributed by atoms with Crippen LogP contribution in [0.3, 0.4) is 0 Å². The quantitative estimate of drug-likeness (QED) is 0.799. The van der Waals surface area contributed by atoms with Gasteiger partial charge in [-0.25, -0.2) is 4.79 Å². The van der Waals surface area contributed by atoms with Crippen LogP contribution in [-0.2, 0) is 9.53 Å². The third-order valence-corrected chi connectivity index (χ3v) is 3.05. The van der Waals surface area contributed by atoms with Gasteiger partial charge in [0.2, 0.25) is 0 Å². The maximum atomic E-state index is 12.3.